The number of hydrogen-bond donors (Lipinski definition) is 4. The van der Waals surface area contributed by atoms with E-state index in [1.165, 1.54) is 0 Å². The smallest absolute Gasteiger partial charge is 0.269 e. The van der Waals surface area contributed by atoms with Crippen molar-refractivity contribution in [1.82, 2.24) is 15.9 Å². The van der Waals surface area contributed by atoms with Crippen LogP contribution in [0.15, 0.2) is 18.2 Å². The summed E-state index contributed by atoms with van der Waals surface area (Å²) in [6.07, 6.45) is 5.45. The second-order valence-corrected chi connectivity index (χ2v) is 6.77. The van der Waals surface area contributed by atoms with Gasteiger partial charge in [-0.25, -0.2) is 5.06 Å². The fourth-order valence-corrected chi connectivity index (χ4v) is 3.12. The predicted molar refractivity (Wildman–Crippen MR) is 101 cm³/mol. The number of aryl methyl sites for hydroxylation is 1. The molecule has 0 unspecified atom stereocenters. The number of hydroxylamine groups is 2. The van der Waals surface area contributed by atoms with Crippen molar-refractivity contribution in [3.8, 4) is 0 Å². The van der Waals surface area contributed by atoms with E-state index in [0.29, 0.717) is 17.0 Å². The molecule has 0 fully saturated rings. The van der Waals surface area contributed by atoms with E-state index in [-0.39, 0.29) is 13.0 Å². The number of hydrogen-bond acceptors (Lipinski definition) is 5. The molecule has 2 rings (SSSR count). The summed E-state index contributed by atoms with van der Waals surface area (Å²) in [5, 5.41) is 13.1. The zero-order valence-electron chi connectivity index (χ0n) is 15.7. The SMILES string of the molecule is CCCCC[C@H](CN(O)C=O)C(=O)NNC(=O)c1ccc2c(c1)CCCN2. The molecule has 0 bridgehead atoms. The van der Waals surface area contributed by atoms with Gasteiger partial charge in [-0.15, -0.1) is 0 Å². The summed E-state index contributed by atoms with van der Waals surface area (Å²) in [5.74, 6) is -1.43. The van der Waals surface area contributed by atoms with Crippen LogP contribution in [0.3, 0.4) is 0 Å². The van der Waals surface area contributed by atoms with Crippen molar-refractivity contribution in [3.63, 3.8) is 0 Å². The number of amides is 3. The number of nitrogens with one attached hydrogen (secondary N) is 3. The first-order valence-electron chi connectivity index (χ1n) is 9.43. The highest BCUT2D eigenvalue weighted by Gasteiger charge is 2.21. The van der Waals surface area contributed by atoms with Crippen LogP contribution in [-0.2, 0) is 16.0 Å². The molecule has 0 saturated carbocycles. The van der Waals surface area contributed by atoms with Crippen molar-refractivity contribution in [1.29, 1.82) is 0 Å². The van der Waals surface area contributed by atoms with Gasteiger partial charge in [-0.2, -0.15) is 0 Å². The molecule has 1 heterocycles. The van der Waals surface area contributed by atoms with Gasteiger partial charge in [0.25, 0.3) is 5.91 Å². The third-order valence-electron chi connectivity index (χ3n) is 4.66. The second-order valence-electron chi connectivity index (χ2n) is 6.77. The lowest BCUT2D eigenvalue weighted by Crippen LogP contribution is -2.46. The maximum absolute atomic E-state index is 12.4. The van der Waals surface area contributed by atoms with Crippen LogP contribution in [0.2, 0.25) is 0 Å². The monoisotopic (exact) mass is 376 g/mol. The molecule has 1 aromatic carbocycles. The number of anilines is 1. The number of carbonyl (C=O) groups is 3. The Bertz CT molecular complexity index is 665. The highest BCUT2D eigenvalue weighted by molar-refractivity contribution is 5.96. The Balaban J connectivity index is 1.92. The van der Waals surface area contributed by atoms with Crippen LogP contribution in [0.4, 0.5) is 5.69 Å². The maximum atomic E-state index is 12.4. The average Bonchev–Trinajstić information content (AvgIpc) is 2.70. The van der Waals surface area contributed by atoms with Crippen LogP contribution in [0.5, 0.6) is 0 Å². The molecule has 8 heteroatoms. The molecule has 148 valence electrons. The van der Waals surface area contributed by atoms with Gasteiger partial charge >= 0.3 is 0 Å². The molecule has 0 aliphatic carbocycles. The molecule has 0 aromatic heterocycles. The van der Waals surface area contributed by atoms with Gasteiger partial charge in [0.1, 0.15) is 0 Å². The number of benzene rings is 1. The third kappa shape index (κ3) is 6.25. The fourth-order valence-electron chi connectivity index (χ4n) is 3.12. The zero-order valence-corrected chi connectivity index (χ0v) is 15.7. The van der Waals surface area contributed by atoms with E-state index >= 15 is 0 Å². The van der Waals surface area contributed by atoms with Crippen molar-refractivity contribution >= 4 is 23.9 Å². The molecule has 1 aliphatic rings. The van der Waals surface area contributed by atoms with Crippen LogP contribution in [0.1, 0.15) is 54.9 Å². The maximum Gasteiger partial charge on any atom is 0.269 e. The lowest BCUT2D eigenvalue weighted by molar-refractivity contribution is -0.154. The lowest BCUT2D eigenvalue weighted by atomic mass is 10.00. The molecule has 0 spiro atoms. The molecular formula is C19H28N4O4. The van der Waals surface area contributed by atoms with E-state index in [4.69, 9.17) is 0 Å². The van der Waals surface area contributed by atoms with E-state index in [9.17, 15) is 19.6 Å². The van der Waals surface area contributed by atoms with Crippen LogP contribution >= 0.6 is 0 Å². The average molecular weight is 376 g/mol. The van der Waals surface area contributed by atoms with Gasteiger partial charge in [-0.05, 0) is 43.0 Å². The molecule has 27 heavy (non-hydrogen) atoms. The Morgan fingerprint density at radius 2 is 2.15 bits per heavy atom. The van der Waals surface area contributed by atoms with Gasteiger partial charge in [0, 0.05) is 17.8 Å². The van der Waals surface area contributed by atoms with Gasteiger partial charge in [-0.3, -0.25) is 30.4 Å². The second kappa shape index (κ2) is 10.5. The summed E-state index contributed by atoms with van der Waals surface area (Å²) < 4.78 is 0. The first-order chi connectivity index (χ1) is 13.0. The Labute approximate surface area is 159 Å². The summed E-state index contributed by atoms with van der Waals surface area (Å²) in [6.45, 7) is 2.86. The Morgan fingerprint density at radius 1 is 1.33 bits per heavy atom. The Kier molecular flexibility index (Phi) is 8.06. The van der Waals surface area contributed by atoms with E-state index in [2.05, 4.69) is 16.2 Å². The highest BCUT2D eigenvalue weighted by Crippen LogP contribution is 2.22. The van der Waals surface area contributed by atoms with Gasteiger partial charge in [0.05, 0.1) is 12.5 Å². The van der Waals surface area contributed by atoms with E-state index in [1.54, 1.807) is 6.07 Å². The molecule has 3 amide bonds. The minimum atomic E-state index is -0.597. The quantitative estimate of drug-likeness (QED) is 0.227. The lowest BCUT2D eigenvalue weighted by Gasteiger charge is -2.20. The van der Waals surface area contributed by atoms with Crippen molar-refractivity contribution in [2.75, 3.05) is 18.4 Å². The van der Waals surface area contributed by atoms with Gasteiger partial charge < -0.3 is 5.32 Å². The summed E-state index contributed by atoms with van der Waals surface area (Å²) in [6, 6.07) is 5.40. The molecule has 1 aliphatic heterocycles. The van der Waals surface area contributed by atoms with E-state index in [1.807, 2.05) is 19.1 Å². The van der Waals surface area contributed by atoms with Crippen LogP contribution in [-0.4, -0.2) is 41.6 Å². The first-order valence-corrected chi connectivity index (χ1v) is 9.43. The van der Waals surface area contributed by atoms with Gasteiger partial charge in [0.15, 0.2) is 0 Å². The zero-order chi connectivity index (χ0) is 19.6. The number of rotatable bonds is 9. The predicted octanol–water partition coefficient (Wildman–Crippen LogP) is 1.85. The standard InChI is InChI=1S/C19H28N4O4/c1-2-3-4-6-16(12-23(27)13-24)19(26)22-21-18(25)15-8-9-17-14(11-15)7-5-10-20-17/h8-9,11,13,16,20,27H,2-7,10,12H2,1H3,(H,21,25)(H,22,26)/t16-/m1/s1. The van der Waals surface area contributed by atoms with Crippen LogP contribution in [0, 0.1) is 5.92 Å². The molecule has 4 N–H and O–H groups in total. The van der Waals surface area contributed by atoms with Crippen molar-refractivity contribution in [2.45, 2.75) is 45.4 Å². The normalized spacial score (nSPS) is 13.7. The van der Waals surface area contributed by atoms with E-state index < -0.39 is 17.7 Å². The minimum Gasteiger partial charge on any atom is -0.385 e. The topological polar surface area (TPSA) is 111 Å². The summed E-state index contributed by atoms with van der Waals surface area (Å²) in [5.41, 5.74) is 7.42. The third-order valence-corrected chi connectivity index (χ3v) is 4.66. The van der Waals surface area contributed by atoms with Gasteiger partial charge in [0.2, 0.25) is 12.3 Å². The van der Waals surface area contributed by atoms with Crippen LogP contribution < -0.4 is 16.2 Å². The first kappa shape index (κ1) is 20.7. The highest BCUT2D eigenvalue weighted by atomic mass is 16.5. The number of fused-ring (bicyclic) bond motifs is 1. The number of nitrogens with zero attached hydrogens (tertiary/aromatic N) is 1. The molecule has 1 atom stereocenters. The van der Waals surface area contributed by atoms with Crippen molar-refractivity contribution in [2.24, 2.45) is 5.92 Å². The largest absolute Gasteiger partial charge is 0.385 e. The number of unbranched alkanes of at least 4 members (excludes halogenated alkanes) is 2. The van der Waals surface area contributed by atoms with Crippen LogP contribution in [0.25, 0.3) is 0 Å². The Hall–Kier alpha value is -2.61. The molecule has 1 aromatic rings. The van der Waals surface area contributed by atoms with Gasteiger partial charge in [-0.1, -0.05) is 26.2 Å². The number of carbonyl (C=O) groups excluding carboxylic acids is 3. The van der Waals surface area contributed by atoms with E-state index in [0.717, 1.165) is 49.9 Å². The van der Waals surface area contributed by atoms with Crippen molar-refractivity contribution in [3.05, 3.63) is 29.3 Å². The summed E-state index contributed by atoms with van der Waals surface area (Å²) >= 11 is 0. The van der Waals surface area contributed by atoms with Crippen molar-refractivity contribution < 1.29 is 19.6 Å². The number of hydrazine groups is 1. The summed E-state index contributed by atoms with van der Waals surface area (Å²) in [7, 11) is 0. The summed E-state index contributed by atoms with van der Waals surface area (Å²) in [4.78, 5) is 35.3. The Morgan fingerprint density at radius 3 is 2.89 bits per heavy atom. The fraction of sp³-hybridized carbons (Fsp3) is 0.526. The molecule has 8 nitrogen and oxygen atoms in total. The minimum absolute atomic E-state index is 0.112. The molecular weight excluding hydrogens is 348 g/mol. The molecule has 0 saturated heterocycles. The molecule has 0 radical (unpaired) electrons.